The summed E-state index contributed by atoms with van der Waals surface area (Å²) in [5, 5.41) is 6.73. The van der Waals surface area contributed by atoms with Crippen LogP contribution in [0.1, 0.15) is 26.3 Å². The number of aromatic nitrogens is 1. The normalized spacial score (nSPS) is 17.2. The first kappa shape index (κ1) is 19.5. The maximum absolute atomic E-state index is 5.57. The molecule has 1 aromatic rings. The summed E-state index contributed by atoms with van der Waals surface area (Å²) >= 11 is 0. The molecular weight excluding hydrogens is 318 g/mol. The number of rotatable bonds is 8. The number of hydrogen-bond acceptors (Lipinski definition) is 5. The predicted molar refractivity (Wildman–Crippen MR) is 100 cm³/mol. The van der Waals surface area contributed by atoms with Gasteiger partial charge < -0.3 is 20.1 Å². The number of hydrogen-bond donors (Lipinski definition) is 2. The number of ether oxygens (including phenoxy) is 2. The van der Waals surface area contributed by atoms with E-state index < -0.39 is 0 Å². The van der Waals surface area contributed by atoms with E-state index in [0.717, 1.165) is 50.9 Å². The maximum atomic E-state index is 5.57. The Bertz CT molecular complexity index is 532. The fourth-order valence-corrected chi connectivity index (χ4v) is 2.71. The van der Waals surface area contributed by atoms with Crippen molar-refractivity contribution >= 4 is 5.96 Å². The van der Waals surface area contributed by atoms with Gasteiger partial charge in [0.25, 0.3) is 0 Å². The van der Waals surface area contributed by atoms with Crippen LogP contribution in [0.3, 0.4) is 0 Å². The van der Waals surface area contributed by atoms with E-state index in [-0.39, 0.29) is 0 Å². The number of nitrogens with one attached hydrogen (secondary N) is 2. The highest BCUT2D eigenvalue weighted by atomic mass is 16.5. The molecule has 2 heterocycles. The molecule has 0 aromatic carbocycles. The van der Waals surface area contributed by atoms with Crippen molar-refractivity contribution in [2.24, 2.45) is 4.99 Å². The van der Waals surface area contributed by atoms with Crippen molar-refractivity contribution in [1.82, 2.24) is 20.5 Å². The smallest absolute Gasteiger partial charge is 0.218 e. The van der Waals surface area contributed by atoms with Crippen LogP contribution in [-0.2, 0) is 11.3 Å². The topological polar surface area (TPSA) is 71.0 Å². The third-order valence-corrected chi connectivity index (χ3v) is 4.12. The van der Waals surface area contributed by atoms with Crippen LogP contribution in [0.25, 0.3) is 0 Å². The first-order valence-electron chi connectivity index (χ1n) is 9.15. The van der Waals surface area contributed by atoms with Crippen LogP contribution in [0.4, 0.5) is 0 Å². The van der Waals surface area contributed by atoms with Crippen molar-refractivity contribution in [2.45, 2.75) is 33.4 Å². The van der Waals surface area contributed by atoms with Gasteiger partial charge >= 0.3 is 0 Å². The second-order valence-electron chi connectivity index (χ2n) is 5.97. The summed E-state index contributed by atoms with van der Waals surface area (Å²) in [7, 11) is 0. The Morgan fingerprint density at radius 1 is 1.36 bits per heavy atom. The van der Waals surface area contributed by atoms with E-state index in [1.54, 1.807) is 6.20 Å². The Labute approximate surface area is 150 Å². The number of morpholine rings is 1. The molecule has 0 spiro atoms. The van der Waals surface area contributed by atoms with E-state index >= 15 is 0 Å². The zero-order chi connectivity index (χ0) is 17.9. The summed E-state index contributed by atoms with van der Waals surface area (Å²) in [5.74, 6) is 1.47. The second kappa shape index (κ2) is 10.9. The first-order chi connectivity index (χ1) is 12.2. The number of nitrogens with zero attached hydrogens (tertiary/aromatic N) is 3. The molecule has 1 saturated heterocycles. The van der Waals surface area contributed by atoms with Gasteiger partial charge in [0.15, 0.2) is 5.96 Å². The molecule has 0 saturated carbocycles. The van der Waals surface area contributed by atoms with Crippen LogP contribution in [0, 0.1) is 0 Å². The maximum Gasteiger partial charge on any atom is 0.218 e. The fraction of sp³-hybridized carbons (Fsp3) is 0.667. The van der Waals surface area contributed by atoms with Gasteiger partial charge in [0.2, 0.25) is 5.88 Å². The summed E-state index contributed by atoms with van der Waals surface area (Å²) in [6, 6.07) is 4.35. The Hall–Kier alpha value is -1.86. The Morgan fingerprint density at radius 2 is 2.16 bits per heavy atom. The molecule has 25 heavy (non-hydrogen) atoms. The molecule has 1 unspecified atom stereocenters. The average Bonchev–Trinajstić information content (AvgIpc) is 2.65. The minimum Gasteiger partial charge on any atom is -0.478 e. The molecule has 0 aliphatic carbocycles. The predicted octanol–water partition coefficient (Wildman–Crippen LogP) is 1.26. The summed E-state index contributed by atoms with van der Waals surface area (Å²) in [4.78, 5) is 11.4. The molecular formula is C18H31N5O2. The van der Waals surface area contributed by atoms with Gasteiger partial charge in [-0.05, 0) is 26.8 Å². The van der Waals surface area contributed by atoms with E-state index in [4.69, 9.17) is 9.47 Å². The third-order valence-electron chi connectivity index (χ3n) is 4.12. The molecule has 1 aliphatic heterocycles. The summed E-state index contributed by atoms with van der Waals surface area (Å²) in [6.07, 6.45) is 1.74. The Balaban J connectivity index is 1.91. The first-order valence-corrected chi connectivity index (χ1v) is 9.15. The summed E-state index contributed by atoms with van der Waals surface area (Å²) < 4.78 is 11.0. The van der Waals surface area contributed by atoms with Crippen molar-refractivity contribution in [1.29, 1.82) is 0 Å². The molecule has 7 nitrogen and oxygen atoms in total. The Morgan fingerprint density at radius 3 is 2.88 bits per heavy atom. The lowest BCUT2D eigenvalue weighted by Gasteiger charge is -2.32. The molecule has 2 N–H and O–H groups in total. The molecule has 7 heteroatoms. The van der Waals surface area contributed by atoms with Gasteiger partial charge in [0.05, 0.1) is 26.4 Å². The summed E-state index contributed by atoms with van der Waals surface area (Å²) in [5.41, 5.74) is 0.989. The van der Waals surface area contributed by atoms with E-state index in [0.29, 0.717) is 25.1 Å². The monoisotopic (exact) mass is 349 g/mol. The van der Waals surface area contributed by atoms with Crippen LogP contribution in [0.2, 0.25) is 0 Å². The van der Waals surface area contributed by atoms with Crippen LogP contribution in [-0.4, -0.2) is 67.9 Å². The zero-order valence-corrected chi connectivity index (χ0v) is 15.6. The van der Waals surface area contributed by atoms with E-state index in [2.05, 4.69) is 39.4 Å². The lowest BCUT2D eigenvalue weighted by atomic mass is 10.2. The highest BCUT2D eigenvalue weighted by molar-refractivity contribution is 5.79. The molecule has 1 aliphatic rings. The van der Waals surface area contributed by atoms with Crippen molar-refractivity contribution in [3.05, 3.63) is 23.9 Å². The van der Waals surface area contributed by atoms with Crippen molar-refractivity contribution in [2.75, 3.05) is 46.0 Å². The van der Waals surface area contributed by atoms with E-state index in [1.165, 1.54) is 0 Å². The standard InChI is InChI=1S/C18H31N5O2/c1-4-19-18(21-13-15(3)23-9-11-24-12-10-23)22-14-16-7-6-8-20-17(16)25-5-2/h6-8,15H,4-5,9-14H2,1-3H3,(H2,19,21,22). The quantitative estimate of drug-likeness (QED) is 0.544. The van der Waals surface area contributed by atoms with E-state index in [9.17, 15) is 0 Å². The molecule has 1 fully saturated rings. The molecule has 0 bridgehead atoms. The van der Waals surface area contributed by atoms with Crippen LogP contribution < -0.4 is 15.4 Å². The summed E-state index contributed by atoms with van der Waals surface area (Å²) in [6.45, 7) is 12.7. The van der Waals surface area contributed by atoms with Gasteiger partial charge in [-0.3, -0.25) is 4.90 Å². The fourth-order valence-electron chi connectivity index (χ4n) is 2.71. The number of aliphatic imine (C=N–C) groups is 1. The molecule has 1 aromatic heterocycles. The van der Waals surface area contributed by atoms with Crippen LogP contribution in [0.15, 0.2) is 23.3 Å². The van der Waals surface area contributed by atoms with Gasteiger partial charge in [-0.25, -0.2) is 9.98 Å². The number of pyridine rings is 1. The largest absolute Gasteiger partial charge is 0.478 e. The minimum atomic E-state index is 0.435. The minimum absolute atomic E-state index is 0.435. The van der Waals surface area contributed by atoms with Gasteiger partial charge in [-0.2, -0.15) is 0 Å². The van der Waals surface area contributed by atoms with Crippen molar-refractivity contribution < 1.29 is 9.47 Å². The third kappa shape index (κ3) is 6.51. The van der Waals surface area contributed by atoms with Gasteiger partial charge in [-0.1, -0.05) is 6.07 Å². The van der Waals surface area contributed by atoms with Gasteiger partial charge in [-0.15, -0.1) is 0 Å². The van der Waals surface area contributed by atoms with Crippen molar-refractivity contribution in [3.63, 3.8) is 0 Å². The number of guanidine groups is 1. The van der Waals surface area contributed by atoms with Gasteiger partial charge in [0.1, 0.15) is 0 Å². The lowest BCUT2D eigenvalue weighted by molar-refractivity contribution is 0.0211. The average molecular weight is 349 g/mol. The molecule has 2 rings (SSSR count). The van der Waals surface area contributed by atoms with Crippen LogP contribution in [0.5, 0.6) is 5.88 Å². The zero-order valence-electron chi connectivity index (χ0n) is 15.6. The van der Waals surface area contributed by atoms with Crippen LogP contribution >= 0.6 is 0 Å². The SMILES string of the molecule is CCNC(=NCc1cccnc1OCC)NCC(C)N1CCOCC1. The molecule has 0 amide bonds. The van der Waals surface area contributed by atoms with Crippen molar-refractivity contribution in [3.8, 4) is 5.88 Å². The molecule has 0 radical (unpaired) electrons. The Kier molecular flexibility index (Phi) is 8.48. The highest BCUT2D eigenvalue weighted by Crippen LogP contribution is 2.15. The highest BCUT2D eigenvalue weighted by Gasteiger charge is 2.17. The molecule has 140 valence electrons. The van der Waals surface area contributed by atoms with Gasteiger partial charge in [0, 0.05) is 44.0 Å². The van der Waals surface area contributed by atoms with E-state index in [1.807, 2.05) is 19.1 Å². The second-order valence-corrected chi connectivity index (χ2v) is 5.97. The molecule has 1 atom stereocenters. The lowest BCUT2D eigenvalue weighted by Crippen LogP contribution is -2.49.